The van der Waals surface area contributed by atoms with Crippen molar-refractivity contribution in [3.8, 4) is 11.6 Å². The van der Waals surface area contributed by atoms with Gasteiger partial charge in [-0.3, -0.25) is 9.59 Å². The fourth-order valence-corrected chi connectivity index (χ4v) is 3.85. The first-order chi connectivity index (χ1) is 15.9. The zero-order chi connectivity index (χ0) is 23.4. The van der Waals surface area contributed by atoms with Gasteiger partial charge in [0.05, 0.1) is 18.7 Å². The molecule has 2 N–H and O–H groups in total. The summed E-state index contributed by atoms with van der Waals surface area (Å²) in [5.74, 6) is 1.39. The SMILES string of the molecule is COc1cccc(N2C[C@@H](C(=O)NCCNc3cc(-n4nc(C)cc4C)ncn3)CC2=O)c1. The summed E-state index contributed by atoms with van der Waals surface area (Å²) in [5.41, 5.74) is 2.63. The molecule has 1 saturated heterocycles. The van der Waals surface area contributed by atoms with Gasteiger partial charge in [0.2, 0.25) is 11.8 Å². The van der Waals surface area contributed by atoms with Crippen LogP contribution in [-0.4, -0.2) is 58.3 Å². The molecular formula is C23H27N7O3. The van der Waals surface area contributed by atoms with Crippen LogP contribution < -0.4 is 20.3 Å². The van der Waals surface area contributed by atoms with E-state index in [1.165, 1.54) is 6.33 Å². The highest BCUT2D eigenvalue weighted by Crippen LogP contribution is 2.27. The minimum absolute atomic E-state index is 0.0702. The molecule has 1 aliphatic heterocycles. The van der Waals surface area contributed by atoms with Crippen molar-refractivity contribution in [2.24, 2.45) is 5.92 Å². The topological polar surface area (TPSA) is 114 Å². The first-order valence-corrected chi connectivity index (χ1v) is 10.8. The van der Waals surface area contributed by atoms with E-state index in [0.29, 0.717) is 37.0 Å². The highest BCUT2D eigenvalue weighted by Gasteiger charge is 2.35. The van der Waals surface area contributed by atoms with Crippen LogP contribution in [0.5, 0.6) is 5.75 Å². The van der Waals surface area contributed by atoms with Crippen molar-refractivity contribution in [1.29, 1.82) is 0 Å². The predicted octanol–water partition coefficient (Wildman–Crippen LogP) is 1.87. The lowest BCUT2D eigenvalue weighted by atomic mass is 10.1. The number of aromatic nitrogens is 4. The van der Waals surface area contributed by atoms with Gasteiger partial charge in [0, 0.05) is 49.6 Å². The number of anilines is 2. The molecule has 0 saturated carbocycles. The maximum atomic E-state index is 12.6. The third-order valence-corrected chi connectivity index (χ3v) is 5.47. The number of amides is 2. The van der Waals surface area contributed by atoms with E-state index in [1.807, 2.05) is 44.2 Å². The van der Waals surface area contributed by atoms with Crippen LogP contribution >= 0.6 is 0 Å². The minimum atomic E-state index is -0.389. The summed E-state index contributed by atoms with van der Waals surface area (Å²) in [6.07, 6.45) is 1.67. The highest BCUT2D eigenvalue weighted by atomic mass is 16.5. The first-order valence-electron chi connectivity index (χ1n) is 10.8. The number of carbonyl (C=O) groups excluding carboxylic acids is 2. The van der Waals surface area contributed by atoms with Gasteiger partial charge < -0.3 is 20.3 Å². The van der Waals surface area contributed by atoms with Crippen molar-refractivity contribution in [3.05, 3.63) is 54.1 Å². The Hall–Kier alpha value is -3.95. The third-order valence-electron chi connectivity index (χ3n) is 5.47. The smallest absolute Gasteiger partial charge is 0.227 e. The van der Waals surface area contributed by atoms with Gasteiger partial charge in [-0.2, -0.15) is 5.10 Å². The highest BCUT2D eigenvalue weighted by molar-refractivity contribution is 6.00. The van der Waals surface area contributed by atoms with Crippen LogP contribution in [0.4, 0.5) is 11.5 Å². The Balaban J connectivity index is 1.27. The van der Waals surface area contributed by atoms with E-state index in [2.05, 4.69) is 25.7 Å². The van der Waals surface area contributed by atoms with Gasteiger partial charge in [-0.1, -0.05) is 6.07 Å². The Morgan fingerprint density at radius 1 is 1.18 bits per heavy atom. The number of carbonyl (C=O) groups is 2. The molecule has 0 spiro atoms. The van der Waals surface area contributed by atoms with Crippen LogP contribution in [0.15, 0.2) is 42.7 Å². The van der Waals surface area contributed by atoms with Gasteiger partial charge in [0.15, 0.2) is 5.82 Å². The van der Waals surface area contributed by atoms with Crippen molar-refractivity contribution in [2.75, 3.05) is 37.0 Å². The van der Waals surface area contributed by atoms with Crippen molar-refractivity contribution in [3.63, 3.8) is 0 Å². The summed E-state index contributed by atoms with van der Waals surface area (Å²) in [6, 6.07) is 11.1. The molecule has 1 atom stereocenters. The molecule has 0 unspecified atom stereocenters. The standard InChI is InChI=1S/C23H27N7O3/c1-15-9-16(2)30(28-15)21-12-20(26-14-27-21)24-7-8-25-23(32)17-10-22(31)29(13-17)18-5-4-6-19(11-18)33-3/h4-6,9,11-12,14,17H,7-8,10,13H2,1-3H3,(H,25,32)(H,24,26,27)/t17-/m0/s1. The number of nitrogens with zero attached hydrogens (tertiary/aromatic N) is 5. The average molecular weight is 450 g/mol. The monoisotopic (exact) mass is 449 g/mol. The van der Waals surface area contributed by atoms with Gasteiger partial charge in [0.1, 0.15) is 17.9 Å². The molecule has 2 aromatic heterocycles. The molecule has 172 valence electrons. The van der Waals surface area contributed by atoms with Crippen LogP contribution in [0.1, 0.15) is 17.8 Å². The number of rotatable bonds is 8. The Morgan fingerprint density at radius 3 is 2.79 bits per heavy atom. The second kappa shape index (κ2) is 9.68. The maximum Gasteiger partial charge on any atom is 0.227 e. The second-order valence-corrected chi connectivity index (χ2v) is 7.93. The van der Waals surface area contributed by atoms with E-state index < -0.39 is 0 Å². The Morgan fingerprint density at radius 2 is 2.03 bits per heavy atom. The number of nitrogens with one attached hydrogen (secondary N) is 2. The molecule has 4 rings (SSSR count). The molecule has 1 aliphatic rings. The first kappa shape index (κ1) is 22.3. The van der Waals surface area contributed by atoms with Crippen LogP contribution in [0, 0.1) is 19.8 Å². The molecule has 3 aromatic rings. The lowest BCUT2D eigenvalue weighted by Gasteiger charge is -2.17. The van der Waals surface area contributed by atoms with E-state index in [4.69, 9.17) is 4.74 Å². The van der Waals surface area contributed by atoms with E-state index in [9.17, 15) is 9.59 Å². The normalized spacial score (nSPS) is 15.5. The van der Waals surface area contributed by atoms with E-state index in [-0.39, 0.29) is 24.2 Å². The zero-order valence-corrected chi connectivity index (χ0v) is 18.9. The average Bonchev–Trinajstić information content (AvgIpc) is 3.38. The third kappa shape index (κ3) is 5.11. The number of ether oxygens (including phenoxy) is 1. The van der Waals surface area contributed by atoms with Gasteiger partial charge in [0.25, 0.3) is 0 Å². The maximum absolute atomic E-state index is 12.6. The quantitative estimate of drug-likeness (QED) is 0.505. The minimum Gasteiger partial charge on any atom is -0.497 e. The number of benzene rings is 1. The molecule has 0 radical (unpaired) electrons. The number of methoxy groups -OCH3 is 1. The molecule has 10 nitrogen and oxygen atoms in total. The molecule has 0 bridgehead atoms. The van der Waals surface area contributed by atoms with Crippen molar-refractivity contribution >= 4 is 23.3 Å². The molecule has 3 heterocycles. The van der Waals surface area contributed by atoms with Crippen LogP contribution in [0.3, 0.4) is 0 Å². The summed E-state index contributed by atoms with van der Waals surface area (Å²) in [5, 5.41) is 10.5. The van der Waals surface area contributed by atoms with Crippen LogP contribution in [-0.2, 0) is 9.59 Å². The van der Waals surface area contributed by atoms with E-state index in [0.717, 1.165) is 17.1 Å². The number of aryl methyl sites for hydroxylation is 2. The molecule has 2 amide bonds. The fourth-order valence-electron chi connectivity index (χ4n) is 3.85. The fraction of sp³-hybridized carbons (Fsp3) is 0.348. The predicted molar refractivity (Wildman–Crippen MR) is 124 cm³/mol. The molecule has 1 aromatic carbocycles. The van der Waals surface area contributed by atoms with E-state index >= 15 is 0 Å². The van der Waals surface area contributed by atoms with Crippen molar-refractivity contribution in [2.45, 2.75) is 20.3 Å². The largest absolute Gasteiger partial charge is 0.497 e. The lowest BCUT2D eigenvalue weighted by molar-refractivity contribution is -0.126. The number of hydrogen-bond donors (Lipinski definition) is 2. The van der Waals surface area contributed by atoms with Gasteiger partial charge in [-0.15, -0.1) is 0 Å². The zero-order valence-electron chi connectivity index (χ0n) is 18.9. The van der Waals surface area contributed by atoms with Crippen molar-refractivity contribution in [1.82, 2.24) is 25.1 Å². The molecule has 33 heavy (non-hydrogen) atoms. The Kier molecular flexibility index (Phi) is 6.53. The number of hydrogen-bond acceptors (Lipinski definition) is 7. The summed E-state index contributed by atoms with van der Waals surface area (Å²) in [6.45, 7) is 5.14. The van der Waals surface area contributed by atoms with Crippen LogP contribution in [0.2, 0.25) is 0 Å². The van der Waals surface area contributed by atoms with Crippen LogP contribution in [0.25, 0.3) is 5.82 Å². The second-order valence-electron chi connectivity index (χ2n) is 7.93. The molecule has 1 fully saturated rings. The van der Waals surface area contributed by atoms with Gasteiger partial charge in [-0.05, 0) is 32.0 Å². The summed E-state index contributed by atoms with van der Waals surface area (Å²) in [7, 11) is 1.58. The summed E-state index contributed by atoms with van der Waals surface area (Å²) in [4.78, 5) is 35.2. The molecule has 0 aliphatic carbocycles. The van der Waals surface area contributed by atoms with Crippen molar-refractivity contribution < 1.29 is 14.3 Å². The Bertz CT molecular complexity index is 1160. The summed E-state index contributed by atoms with van der Waals surface area (Å²) < 4.78 is 6.99. The van der Waals surface area contributed by atoms with E-state index in [1.54, 1.807) is 22.8 Å². The molecule has 10 heteroatoms. The van der Waals surface area contributed by atoms with Gasteiger partial charge in [-0.25, -0.2) is 14.6 Å². The van der Waals surface area contributed by atoms with Gasteiger partial charge >= 0.3 is 0 Å². The molecular weight excluding hydrogens is 422 g/mol. The Labute approximate surface area is 192 Å². The lowest BCUT2D eigenvalue weighted by Crippen LogP contribution is -2.35. The summed E-state index contributed by atoms with van der Waals surface area (Å²) >= 11 is 0.